The van der Waals surface area contributed by atoms with E-state index in [1.165, 1.54) is 35.0 Å². The second-order valence-electron chi connectivity index (χ2n) is 6.92. The Labute approximate surface area is 193 Å². The van der Waals surface area contributed by atoms with E-state index in [1.807, 2.05) is 10.6 Å². The molecule has 3 aromatic rings. The van der Waals surface area contributed by atoms with Crippen molar-refractivity contribution in [3.8, 4) is 11.4 Å². The molecule has 1 amide bonds. The van der Waals surface area contributed by atoms with E-state index in [-0.39, 0.29) is 11.7 Å². The number of aromatic nitrogens is 3. The zero-order valence-electron chi connectivity index (χ0n) is 16.2. The van der Waals surface area contributed by atoms with Crippen molar-refractivity contribution in [1.29, 1.82) is 0 Å². The molecule has 1 aromatic carbocycles. The monoisotopic (exact) mass is 478 g/mol. The van der Waals surface area contributed by atoms with Gasteiger partial charge in [-0.1, -0.05) is 41.0 Å². The van der Waals surface area contributed by atoms with Gasteiger partial charge in [-0.15, -0.1) is 28.1 Å². The molecule has 156 valence electrons. The molecule has 0 radical (unpaired) electrons. The lowest BCUT2D eigenvalue weighted by Gasteiger charge is -2.13. The summed E-state index contributed by atoms with van der Waals surface area (Å²) in [4.78, 5) is 13.9. The van der Waals surface area contributed by atoms with Gasteiger partial charge in [0, 0.05) is 27.4 Å². The smallest absolute Gasteiger partial charge is 0.234 e. The van der Waals surface area contributed by atoms with E-state index in [9.17, 15) is 4.79 Å². The van der Waals surface area contributed by atoms with Crippen molar-refractivity contribution in [1.82, 2.24) is 14.8 Å². The van der Waals surface area contributed by atoms with Crippen LogP contribution in [0.3, 0.4) is 0 Å². The number of amides is 1. The molecule has 0 aliphatic heterocycles. The van der Waals surface area contributed by atoms with E-state index >= 15 is 0 Å². The van der Waals surface area contributed by atoms with Crippen molar-refractivity contribution in [2.24, 2.45) is 0 Å². The number of allylic oxidation sites excluding steroid dienone is 1. The predicted molar refractivity (Wildman–Crippen MR) is 126 cm³/mol. The minimum Gasteiger partial charge on any atom is -0.324 e. The number of hydrogen-bond acceptors (Lipinski definition) is 5. The van der Waals surface area contributed by atoms with Crippen LogP contribution in [0.25, 0.3) is 11.4 Å². The maximum absolute atomic E-state index is 12.4. The van der Waals surface area contributed by atoms with Gasteiger partial charge in [-0.05, 0) is 49.4 Å². The molecule has 4 rings (SSSR count). The Morgan fingerprint density at radius 2 is 2.13 bits per heavy atom. The second-order valence-corrected chi connectivity index (χ2v) is 9.68. The molecule has 30 heavy (non-hydrogen) atoms. The summed E-state index contributed by atoms with van der Waals surface area (Å²) in [5.41, 5.74) is 3.09. The highest BCUT2D eigenvalue weighted by molar-refractivity contribution is 7.99. The van der Waals surface area contributed by atoms with Gasteiger partial charge in [-0.25, -0.2) is 0 Å². The molecule has 9 heteroatoms. The number of hydrogen-bond donors (Lipinski definition) is 1. The summed E-state index contributed by atoms with van der Waals surface area (Å²) < 4.78 is 2.02. The number of anilines is 1. The van der Waals surface area contributed by atoms with Gasteiger partial charge in [0.15, 0.2) is 11.0 Å². The normalized spacial score (nSPS) is 13.1. The fraction of sp³-hybridized carbons (Fsp3) is 0.286. The van der Waals surface area contributed by atoms with Gasteiger partial charge in [0.25, 0.3) is 0 Å². The van der Waals surface area contributed by atoms with Crippen LogP contribution in [0.4, 0.5) is 5.69 Å². The standard InChI is InChI=1S/C21H20Cl2N4OS2/c1-2-9-27-20(15-11-29-18-6-4-3-5-14(15)18)25-26-21(27)30-12-19(28)24-17-8-7-13(22)10-16(17)23/h2,7-8,10-11H,1,3-6,9,12H2,(H,24,28). The minimum absolute atomic E-state index is 0.174. The molecule has 5 nitrogen and oxygen atoms in total. The van der Waals surface area contributed by atoms with Crippen molar-refractivity contribution < 1.29 is 4.79 Å². The van der Waals surface area contributed by atoms with Crippen molar-refractivity contribution in [2.75, 3.05) is 11.1 Å². The molecular weight excluding hydrogens is 459 g/mol. The lowest BCUT2D eigenvalue weighted by molar-refractivity contribution is -0.113. The van der Waals surface area contributed by atoms with E-state index in [0.29, 0.717) is 27.4 Å². The molecular formula is C21H20Cl2N4OS2. The first kappa shape index (κ1) is 21.4. The van der Waals surface area contributed by atoms with Gasteiger partial charge in [-0.2, -0.15) is 0 Å². The van der Waals surface area contributed by atoms with E-state index in [4.69, 9.17) is 23.2 Å². The molecule has 0 bridgehead atoms. The molecule has 0 atom stereocenters. The first-order valence-corrected chi connectivity index (χ1v) is 12.2. The van der Waals surface area contributed by atoms with Crippen molar-refractivity contribution >= 4 is 57.9 Å². The lowest BCUT2D eigenvalue weighted by Crippen LogP contribution is -2.15. The fourth-order valence-corrected chi connectivity index (χ4v) is 5.80. The molecule has 1 N–H and O–H groups in total. The van der Waals surface area contributed by atoms with Crippen LogP contribution < -0.4 is 5.32 Å². The van der Waals surface area contributed by atoms with Crippen LogP contribution in [0, 0.1) is 0 Å². The molecule has 2 heterocycles. The molecule has 2 aromatic heterocycles. The first-order valence-electron chi connectivity index (χ1n) is 9.58. The summed E-state index contributed by atoms with van der Waals surface area (Å²) in [6, 6.07) is 4.97. The highest BCUT2D eigenvalue weighted by atomic mass is 35.5. The van der Waals surface area contributed by atoms with Crippen LogP contribution in [0.5, 0.6) is 0 Å². The highest BCUT2D eigenvalue weighted by Crippen LogP contribution is 2.37. The zero-order valence-corrected chi connectivity index (χ0v) is 19.3. The number of carbonyl (C=O) groups is 1. The predicted octanol–water partition coefficient (Wildman–Crippen LogP) is 6.11. The molecule has 0 unspecified atom stereocenters. The number of nitrogens with one attached hydrogen (secondary N) is 1. The zero-order chi connectivity index (χ0) is 21.1. The third kappa shape index (κ3) is 4.59. The molecule has 1 aliphatic rings. The first-order chi connectivity index (χ1) is 14.6. The summed E-state index contributed by atoms with van der Waals surface area (Å²) in [7, 11) is 0. The second kappa shape index (κ2) is 9.56. The largest absolute Gasteiger partial charge is 0.324 e. The number of thioether (sulfide) groups is 1. The number of carbonyl (C=O) groups excluding carboxylic acids is 1. The molecule has 0 spiro atoms. The Hall–Kier alpha value is -1.80. The number of rotatable bonds is 7. The molecule has 0 saturated carbocycles. The molecule has 1 aliphatic carbocycles. The van der Waals surface area contributed by atoms with Gasteiger partial charge >= 0.3 is 0 Å². The van der Waals surface area contributed by atoms with Crippen LogP contribution in [0.2, 0.25) is 10.0 Å². The summed E-state index contributed by atoms with van der Waals surface area (Å²) in [5.74, 6) is 0.862. The van der Waals surface area contributed by atoms with Crippen LogP contribution in [0.1, 0.15) is 23.3 Å². The van der Waals surface area contributed by atoms with Gasteiger partial charge in [0.2, 0.25) is 5.91 Å². The Morgan fingerprint density at radius 3 is 2.93 bits per heavy atom. The average molecular weight is 479 g/mol. The maximum atomic E-state index is 12.4. The van der Waals surface area contributed by atoms with E-state index in [2.05, 4.69) is 27.5 Å². The Balaban J connectivity index is 1.50. The number of fused-ring (bicyclic) bond motifs is 1. The van der Waals surface area contributed by atoms with Gasteiger partial charge in [-0.3, -0.25) is 9.36 Å². The topological polar surface area (TPSA) is 59.8 Å². The number of halogens is 2. The van der Waals surface area contributed by atoms with E-state index in [0.717, 1.165) is 24.2 Å². The lowest BCUT2D eigenvalue weighted by atomic mass is 9.95. The van der Waals surface area contributed by atoms with E-state index < -0.39 is 0 Å². The summed E-state index contributed by atoms with van der Waals surface area (Å²) >= 11 is 15.2. The van der Waals surface area contributed by atoms with Crippen molar-refractivity contribution in [3.05, 3.63) is 56.7 Å². The molecule has 0 saturated heterocycles. The fourth-order valence-electron chi connectivity index (χ4n) is 3.48. The maximum Gasteiger partial charge on any atom is 0.234 e. The van der Waals surface area contributed by atoms with Gasteiger partial charge < -0.3 is 5.32 Å². The quantitative estimate of drug-likeness (QED) is 0.328. The Kier molecular flexibility index (Phi) is 6.83. The van der Waals surface area contributed by atoms with Crippen LogP contribution in [0.15, 0.2) is 41.4 Å². The van der Waals surface area contributed by atoms with Crippen LogP contribution in [-0.4, -0.2) is 26.4 Å². The summed E-state index contributed by atoms with van der Waals surface area (Å²) in [6.45, 7) is 4.45. The Bertz CT molecular complexity index is 1090. The number of thiophene rings is 1. The highest BCUT2D eigenvalue weighted by Gasteiger charge is 2.22. The Morgan fingerprint density at radius 1 is 1.30 bits per heavy atom. The number of aryl methyl sites for hydroxylation is 1. The van der Waals surface area contributed by atoms with Crippen LogP contribution in [-0.2, 0) is 24.2 Å². The average Bonchev–Trinajstić information content (AvgIpc) is 3.33. The number of nitrogens with zero attached hydrogens (tertiary/aromatic N) is 3. The molecule has 0 fully saturated rings. The van der Waals surface area contributed by atoms with Gasteiger partial charge in [0.05, 0.1) is 16.5 Å². The summed E-state index contributed by atoms with van der Waals surface area (Å²) in [5, 5.41) is 15.4. The van der Waals surface area contributed by atoms with Gasteiger partial charge in [0.1, 0.15) is 0 Å². The van der Waals surface area contributed by atoms with Crippen molar-refractivity contribution in [2.45, 2.75) is 37.4 Å². The SMILES string of the molecule is C=CCn1c(SCC(=O)Nc2ccc(Cl)cc2Cl)nnc1-c1csc2c1CCCC2. The number of benzene rings is 1. The van der Waals surface area contributed by atoms with Crippen LogP contribution >= 0.6 is 46.3 Å². The third-order valence-corrected chi connectivity index (χ3v) is 7.47. The van der Waals surface area contributed by atoms with Crippen molar-refractivity contribution in [3.63, 3.8) is 0 Å². The van der Waals surface area contributed by atoms with E-state index in [1.54, 1.807) is 29.5 Å². The minimum atomic E-state index is -0.174. The summed E-state index contributed by atoms with van der Waals surface area (Å²) in [6.07, 6.45) is 6.51. The third-order valence-electron chi connectivity index (χ3n) is 4.87.